The molecule has 10 heteroatoms. The normalized spacial score (nSPS) is 14.9. The molecule has 186 valence electrons. The first kappa shape index (κ1) is 22.8. The van der Waals surface area contributed by atoms with Crippen LogP contribution >= 0.6 is 0 Å². The number of halogens is 2. The summed E-state index contributed by atoms with van der Waals surface area (Å²) in [5.41, 5.74) is 4.82. The molecular formula is C27H23F2N7O. The predicted octanol–water partition coefficient (Wildman–Crippen LogP) is 5.63. The van der Waals surface area contributed by atoms with Gasteiger partial charge in [-0.1, -0.05) is 24.3 Å². The van der Waals surface area contributed by atoms with Gasteiger partial charge in [-0.15, -0.1) is 0 Å². The molecule has 3 aromatic heterocycles. The molecule has 1 amide bonds. The van der Waals surface area contributed by atoms with E-state index in [-0.39, 0.29) is 18.7 Å². The molecule has 8 nitrogen and oxygen atoms in total. The Hall–Kier alpha value is -4.60. The zero-order valence-corrected chi connectivity index (χ0v) is 19.9. The first-order chi connectivity index (χ1) is 17.8. The number of carbonyl (C=O) groups excluding carboxylic acids is 1. The lowest BCUT2D eigenvalue weighted by molar-refractivity contribution is -0.112. The number of aromatic nitrogens is 5. The topological polar surface area (TPSA) is 103 Å². The number of rotatable bonds is 6. The number of nitrogens with zero attached hydrogens (tertiary/aromatic N) is 4. The summed E-state index contributed by atoms with van der Waals surface area (Å²) in [6.07, 6.45) is 4.70. The van der Waals surface area contributed by atoms with Gasteiger partial charge in [0.25, 0.3) is 11.8 Å². The molecule has 2 aromatic carbocycles. The van der Waals surface area contributed by atoms with E-state index in [1.807, 2.05) is 48.7 Å². The molecule has 0 saturated heterocycles. The molecule has 0 unspecified atom stereocenters. The van der Waals surface area contributed by atoms with Crippen molar-refractivity contribution in [3.05, 3.63) is 78.9 Å². The molecule has 0 radical (unpaired) electrons. The molecule has 0 atom stereocenters. The number of carbonyl (C=O) groups is 1. The fourth-order valence-corrected chi connectivity index (χ4v) is 4.51. The lowest BCUT2D eigenvalue weighted by Crippen LogP contribution is -2.51. The van der Waals surface area contributed by atoms with Crippen molar-refractivity contribution in [3.8, 4) is 22.5 Å². The van der Waals surface area contributed by atoms with Crippen molar-refractivity contribution in [2.75, 3.05) is 12.4 Å². The Bertz CT molecular complexity index is 1570. The van der Waals surface area contributed by atoms with Crippen molar-refractivity contribution in [2.24, 2.45) is 0 Å². The Morgan fingerprint density at radius 1 is 1.05 bits per heavy atom. The predicted molar refractivity (Wildman–Crippen MR) is 137 cm³/mol. The SMILES string of the molecule is CN(C(=O)c1cc2ccc(-c3nccc(Nc4ccc(-c5cn[nH]c5)cc4)n3)cc2[nH]1)C1CC(F)(F)C1. The van der Waals surface area contributed by atoms with Gasteiger partial charge in [-0.2, -0.15) is 5.10 Å². The van der Waals surface area contributed by atoms with Crippen LogP contribution in [0.1, 0.15) is 23.3 Å². The van der Waals surface area contributed by atoms with Gasteiger partial charge in [-0.25, -0.2) is 18.7 Å². The monoisotopic (exact) mass is 499 g/mol. The van der Waals surface area contributed by atoms with Gasteiger partial charge in [0.15, 0.2) is 5.82 Å². The fraction of sp³-hybridized carbons (Fsp3) is 0.185. The maximum atomic E-state index is 13.2. The number of anilines is 2. The zero-order valence-electron chi connectivity index (χ0n) is 19.9. The van der Waals surface area contributed by atoms with Gasteiger partial charge in [-0.05, 0) is 35.9 Å². The summed E-state index contributed by atoms with van der Waals surface area (Å²) in [7, 11) is 1.57. The molecule has 0 spiro atoms. The third-order valence-corrected chi connectivity index (χ3v) is 6.69. The van der Waals surface area contributed by atoms with Crippen LogP contribution in [-0.2, 0) is 0 Å². The van der Waals surface area contributed by atoms with Crippen molar-refractivity contribution in [3.63, 3.8) is 0 Å². The van der Waals surface area contributed by atoms with Gasteiger partial charge >= 0.3 is 0 Å². The van der Waals surface area contributed by atoms with Gasteiger partial charge in [0, 0.05) is 66.0 Å². The lowest BCUT2D eigenvalue weighted by atomic mass is 9.87. The van der Waals surface area contributed by atoms with Crippen LogP contribution in [0.15, 0.2) is 73.2 Å². The van der Waals surface area contributed by atoms with Crippen molar-refractivity contribution < 1.29 is 13.6 Å². The number of H-pyrrole nitrogens is 2. The summed E-state index contributed by atoms with van der Waals surface area (Å²) in [6.45, 7) is 0. The number of benzene rings is 2. The number of fused-ring (bicyclic) bond motifs is 1. The highest BCUT2D eigenvalue weighted by atomic mass is 19.3. The van der Waals surface area contributed by atoms with Crippen LogP contribution in [0.2, 0.25) is 0 Å². The van der Waals surface area contributed by atoms with Crippen LogP contribution in [0.25, 0.3) is 33.4 Å². The number of hydrogen-bond donors (Lipinski definition) is 3. The Labute approximate surface area is 210 Å². The molecule has 1 aliphatic rings. The molecule has 5 aromatic rings. The molecular weight excluding hydrogens is 476 g/mol. The zero-order chi connectivity index (χ0) is 25.6. The minimum atomic E-state index is -2.68. The first-order valence-electron chi connectivity index (χ1n) is 11.8. The van der Waals surface area contributed by atoms with E-state index in [1.165, 1.54) is 4.90 Å². The van der Waals surface area contributed by atoms with E-state index in [0.717, 1.165) is 33.3 Å². The summed E-state index contributed by atoms with van der Waals surface area (Å²) in [6, 6.07) is 16.7. The molecule has 1 saturated carbocycles. The minimum absolute atomic E-state index is 0.296. The molecule has 3 heterocycles. The van der Waals surface area contributed by atoms with Gasteiger partial charge in [0.2, 0.25) is 0 Å². The molecule has 6 rings (SSSR count). The highest BCUT2D eigenvalue weighted by Gasteiger charge is 2.48. The van der Waals surface area contributed by atoms with E-state index in [2.05, 4.69) is 30.5 Å². The Morgan fingerprint density at radius 3 is 2.57 bits per heavy atom. The van der Waals surface area contributed by atoms with Crippen molar-refractivity contribution in [1.29, 1.82) is 0 Å². The third-order valence-electron chi connectivity index (χ3n) is 6.69. The van der Waals surface area contributed by atoms with E-state index in [0.29, 0.717) is 17.3 Å². The van der Waals surface area contributed by atoms with Crippen LogP contribution in [0.5, 0.6) is 0 Å². The summed E-state index contributed by atoms with van der Waals surface area (Å²) in [5, 5.41) is 10.9. The lowest BCUT2D eigenvalue weighted by Gasteiger charge is -2.40. The summed E-state index contributed by atoms with van der Waals surface area (Å²) >= 11 is 0. The smallest absolute Gasteiger partial charge is 0.270 e. The van der Waals surface area contributed by atoms with E-state index in [9.17, 15) is 13.6 Å². The van der Waals surface area contributed by atoms with Crippen LogP contribution in [0, 0.1) is 0 Å². The van der Waals surface area contributed by atoms with Crippen molar-refractivity contribution in [2.45, 2.75) is 24.8 Å². The second-order valence-electron chi connectivity index (χ2n) is 9.27. The molecule has 1 fully saturated rings. The molecule has 0 bridgehead atoms. The van der Waals surface area contributed by atoms with Crippen LogP contribution in [0.3, 0.4) is 0 Å². The van der Waals surface area contributed by atoms with Gasteiger partial charge in [0.1, 0.15) is 11.5 Å². The summed E-state index contributed by atoms with van der Waals surface area (Å²) in [4.78, 5) is 26.4. The highest BCUT2D eigenvalue weighted by molar-refractivity contribution is 5.98. The standard InChI is InChI=1S/C27H23F2N7O/c1-36(21-12-27(28,29)13-21)26(37)23-10-17-2-3-18(11-22(17)34-23)25-30-9-8-24(35-25)33-20-6-4-16(5-7-20)19-14-31-32-15-19/h2-11,14-15,21,34H,12-13H2,1H3,(H,31,32)(H,30,33,35). The minimum Gasteiger partial charge on any atom is -0.351 e. The molecule has 37 heavy (non-hydrogen) atoms. The highest BCUT2D eigenvalue weighted by Crippen LogP contribution is 2.40. The second-order valence-corrected chi connectivity index (χ2v) is 9.27. The van der Waals surface area contributed by atoms with Gasteiger partial charge in [0.05, 0.1) is 6.20 Å². The van der Waals surface area contributed by atoms with Crippen molar-refractivity contribution in [1.82, 2.24) is 30.0 Å². The molecule has 3 N–H and O–H groups in total. The average molecular weight is 500 g/mol. The number of nitrogens with one attached hydrogen (secondary N) is 3. The number of aromatic amines is 2. The third kappa shape index (κ3) is 4.53. The Kier molecular flexibility index (Phi) is 5.44. The maximum Gasteiger partial charge on any atom is 0.270 e. The number of alkyl halides is 2. The van der Waals surface area contributed by atoms with Gasteiger partial charge < -0.3 is 15.2 Å². The Balaban J connectivity index is 1.19. The van der Waals surface area contributed by atoms with Crippen LogP contribution < -0.4 is 5.32 Å². The fourth-order valence-electron chi connectivity index (χ4n) is 4.51. The molecule has 0 aliphatic heterocycles. The summed E-state index contributed by atoms with van der Waals surface area (Å²) in [5.74, 6) is -1.82. The second kappa shape index (κ2) is 8.81. The van der Waals surface area contributed by atoms with Crippen molar-refractivity contribution >= 4 is 28.3 Å². The van der Waals surface area contributed by atoms with Gasteiger partial charge in [-0.3, -0.25) is 9.89 Å². The van der Waals surface area contributed by atoms with Crippen LogP contribution in [0.4, 0.5) is 20.3 Å². The first-order valence-corrected chi connectivity index (χ1v) is 11.8. The van der Waals surface area contributed by atoms with E-state index >= 15 is 0 Å². The largest absolute Gasteiger partial charge is 0.351 e. The maximum absolute atomic E-state index is 13.2. The Morgan fingerprint density at radius 2 is 1.84 bits per heavy atom. The van der Waals surface area contributed by atoms with Crippen LogP contribution in [-0.4, -0.2) is 55.0 Å². The van der Waals surface area contributed by atoms with E-state index in [1.54, 1.807) is 31.6 Å². The average Bonchev–Trinajstić information content (AvgIpc) is 3.57. The number of amides is 1. The van der Waals surface area contributed by atoms with E-state index in [4.69, 9.17) is 0 Å². The summed E-state index contributed by atoms with van der Waals surface area (Å²) < 4.78 is 26.5. The van der Waals surface area contributed by atoms with E-state index < -0.39 is 12.0 Å². The molecule has 1 aliphatic carbocycles. The quantitative estimate of drug-likeness (QED) is 0.281. The number of hydrogen-bond acceptors (Lipinski definition) is 5.